The van der Waals surface area contributed by atoms with Crippen LogP contribution in [0.3, 0.4) is 0 Å². The summed E-state index contributed by atoms with van der Waals surface area (Å²) in [5.41, 5.74) is 5.20. The molecule has 0 aliphatic heterocycles. The molecule has 5 aromatic carbocycles. The van der Waals surface area contributed by atoms with E-state index in [1.165, 1.54) is 6.07 Å². The minimum Gasteiger partial charge on any atom is -0.331 e. The maximum atomic E-state index is 16.6. The lowest BCUT2D eigenvalue weighted by Gasteiger charge is -2.38. The quantitative estimate of drug-likeness (QED) is 0.237. The minimum absolute atomic E-state index is 0.332. The third kappa shape index (κ3) is 5.03. The van der Waals surface area contributed by atoms with Crippen molar-refractivity contribution in [1.82, 2.24) is 0 Å². The fourth-order valence-electron chi connectivity index (χ4n) is 4.76. The maximum absolute atomic E-state index is 16.6. The number of rotatable bonds is 5. The minimum atomic E-state index is -0.596. The van der Waals surface area contributed by atoms with Gasteiger partial charge in [-0.15, -0.1) is 0 Å². The van der Waals surface area contributed by atoms with E-state index in [4.69, 9.17) is 0 Å². The van der Waals surface area contributed by atoms with Gasteiger partial charge in [0.1, 0.15) is 5.82 Å². The smallest absolute Gasteiger partial charge is 0.154 e. The van der Waals surface area contributed by atoms with Gasteiger partial charge in [-0.05, 0) is 78.9 Å². The zero-order valence-corrected chi connectivity index (χ0v) is 21.3. The van der Waals surface area contributed by atoms with Crippen molar-refractivity contribution in [3.05, 3.63) is 133 Å². The Kier molecular flexibility index (Phi) is 6.62. The molecule has 0 heterocycles. The largest absolute Gasteiger partial charge is 0.331 e. The van der Waals surface area contributed by atoms with Gasteiger partial charge in [0.05, 0.1) is 11.4 Å². The van der Waals surface area contributed by atoms with Crippen molar-refractivity contribution in [2.75, 3.05) is 4.90 Å². The van der Waals surface area contributed by atoms with Gasteiger partial charge in [0, 0.05) is 11.1 Å². The van der Waals surface area contributed by atoms with Crippen LogP contribution in [0.2, 0.25) is 0 Å². The van der Waals surface area contributed by atoms with E-state index in [-0.39, 0.29) is 5.82 Å². The van der Waals surface area contributed by atoms with Gasteiger partial charge in [-0.3, -0.25) is 0 Å². The Morgan fingerprint density at radius 2 is 1.03 bits per heavy atom. The third-order valence-electron chi connectivity index (χ3n) is 6.45. The molecule has 0 atom stereocenters. The predicted molar refractivity (Wildman–Crippen MR) is 151 cm³/mol. The summed E-state index contributed by atoms with van der Waals surface area (Å²) in [5.74, 6) is -0.780. The molecule has 0 radical (unpaired) electrons. The summed E-state index contributed by atoms with van der Waals surface area (Å²) in [7, 11) is 0. The van der Waals surface area contributed by atoms with Crippen molar-refractivity contribution in [3.63, 3.8) is 0 Å². The summed E-state index contributed by atoms with van der Waals surface area (Å²) in [6.07, 6.45) is 0. The van der Waals surface area contributed by atoms with Crippen LogP contribution in [0, 0.1) is 11.6 Å². The van der Waals surface area contributed by atoms with E-state index in [2.05, 4.69) is 0 Å². The van der Waals surface area contributed by atoms with Crippen LogP contribution < -0.4 is 4.90 Å². The van der Waals surface area contributed by atoms with Crippen molar-refractivity contribution in [2.45, 2.75) is 26.3 Å². The third-order valence-corrected chi connectivity index (χ3v) is 6.45. The Morgan fingerprint density at radius 1 is 0.486 bits per heavy atom. The standard InChI is InChI=1S/C34H29F2N/c1-34(2,3)37(31-20-11-10-19-30(31)35)32-23-28(25-15-8-5-9-16-25)22-29(33(32)36)27-18-12-17-26(21-27)24-13-6-4-7-14-24/h4-23H,1-3H3. The van der Waals surface area contributed by atoms with Crippen LogP contribution in [0.1, 0.15) is 20.8 Å². The first-order valence-corrected chi connectivity index (χ1v) is 12.4. The van der Waals surface area contributed by atoms with Gasteiger partial charge in [0.25, 0.3) is 0 Å². The molecule has 0 amide bonds. The van der Waals surface area contributed by atoms with E-state index in [1.807, 2.05) is 118 Å². The van der Waals surface area contributed by atoms with Crippen molar-refractivity contribution in [2.24, 2.45) is 0 Å². The second-order valence-electron chi connectivity index (χ2n) is 10.1. The fourth-order valence-corrected chi connectivity index (χ4v) is 4.76. The highest BCUT2D eigenvalue weighted by Gasteiger charge is 2.30. The zero-order chi connectivity index (χ0) is 26.0. The predicted octanol–water partition coefficient (Wildman–Crippen LogP) is 9.90. The number of anilines is 2. The van der Waals surface area contributed by atoms with Crippen LogP contribution in [-0.2, 0) is 0 Å². The Morgan fingerprint density at radius 3 is 1.65 bits per heavy atom. The first-order valence-electron chi connectivity index (χ1n) is 12.4. The van der Waals surface area contributed by atoms with Gasteiger partial charge in [-0.25, -0.2) is 8.78 Å². The van der Waals surface area contributed by atoms with Crippen molar-refractivity contribution in [3.8, 4) is 33.4 Å². The normalized spacial score (nSPS) is 11.4. The van der Waals surface area contributed by atoms with E-state index < -0.39 is 11.4 Å². The van der Waals surface area contributed by atoms with Crippen LogP contribution in [0.15, 0.2) is 121 Å². The topological polar surface area (TPSA) is 3.24 Å². The molecule has 0 saturated heterocycles. The highest BCUT2D eigenvalue weighted by molar-refractivity contribution is 5.83. The molecule has 3 heteroatoms. The molecule has 0 spiro atoms. The second-order valence-corrected chi connectivity index (χ2v) is 10.1. The first-order chi connectivity index (χ1) is 17.8. The SMILES string of the molecule is CC(C)(C)N(c1ccccc1F)c1cc(-c2ccccc2)cc(-c2cccc(-c3ccccc3)c2)c1F. The molecule has 37 heavy (non-hydrogen) atoms. The lowest BCUT2D eigenvalue weighted by Crippen LogP contribution is -2.38. The lowest BCUT2D eigenvalue weighted by atomic mass is 9.93. The fraction of sp³-hybridized carbons (Fsp3) is 0.118. The van der Waals surface area contributed by atoms with Gasteiger partial charge in [0.2, 0.25) is 0 Å². The molecule has 184 valence electrons. The summed E-state index contributed by atoms with van der Waals surface area (Å²) in [6.45, 7) is 5.89. The number of para-hydroxylation sites is 1. The average molecular weight is 490 g/mol. The van der Waals surface area contributed by atoms with Crippen LogP contribution in [0.25, 0.3) is 33.4 Å². The van der Waals surface area contributed by atoms with Gasteiger partial charge in [0.15, 0.2) is 5.82 Å². The summed E-state index contributed by atoms with van der Waals surface area (Å²) in [5, 5.41) is 0. The molecule has 0 bridgehead atoms. The van der Waals surface area contributed by atoms with Gasteiger partial charge in [-0.2, -0.15) is 0 Å². The van der Waals surface area contributed by atoms with Crippen molar-refractivity contribution >= 4 is 11.4 Å². The first kappa shape index (κ1) is 24.5. The Balaban J connectivity index is 1.77. The average Bonchev–Trinajstić information content (AvgIpc) is 2.91. The van der Waals surface area contributed by atoms with Crippen LogP contribution in [-0.4, -0.2) is 5.54 Å². The molecule has 0 N–H and O–H groups in total. The van der Waals surface area contributed by atoms with Gasteiger partial charge < -0.3 is 4.90 Å². The number of halogens is 2. The second kappa shape index (κ2) is 10.0. The summed E-state index contributed by atoms with van der Waals surface area (Å²) in [6, 6.07) is 38.1. The molecule has 0 saturated carbocycles. The van der Waals surface area contributed by atoms with Crippen LogP contribution >= 0.6 is 0 Å². The molecular weight excluding hydrogens is 460 g/mol. The monoisotopic (exact) mass is 489 g/mol. The number of hydrogen-bond acceptors (Lipinski definition) is 1. The van der Waals surface area contributed by atoms with Crippen molar-refractivity contribution in [1.29, 1.82) is 0 Å². The molecule has 1 nitrogen and oxygen atoms in total. The zero-order valence-electron chi connectivity index (χ0n) is 21.3. The highest BCUT2D eigenvalue weighted by atomic mass is 19.1. The van der Waals surface area contributed by atoms with E-state index in [9.17, 15) is 0 Å². The molecule has 0 aliphatic carbocycles. The Bertz CT molecular complexity index is 1520. The van der Waals surface area contributed by atoms with E-state index >= 15 is 8.78 Å². The van der Waals surface area contributed by atoms with E-state index in [0.29, 0.717) is 16.9 Å². The molecule has 0 aliphatic rings. The Labute approximate surface area is 217 Å². The number of benzene rings is 5. The maximum Gasteiger partial charge on any atom is 0.154 e. The number of hydrogen-bond donors (Lipinski definition) is 0. The van der Waals surface area contributed by atoms with E-state index in [0.717, 1.165) is 27.8 Å². The van der Waals surface area contributed by atoms with E-state index in [1.54, 1.807) is 23.1 Å². The highest BCUT2D eigenvalue weighted by Crippen LogP contribution is 2.42. The van der Waals surface area contributed by atoms with Gasteiger partial charge in [-0.1, -0.05) is 91.0 Å². The van der Waals surface area contributed by atoms with Gasteiger partial charge >= 0.3 is 0 Å². The molecule has 0 fully saturated rings. The van der Waals surface area contributed by atoms with Crippen molar-refractivity contribution < 1.29 is 8.78 Å². The molecule has 5 aromatic rings. The van der Waals surface area contributed by atoms with Crippen LogP contribution in [0.5, 0.6) is 0 Å². The summed E-state index contributed by atoms with van der Waals surface area (Å²) < 4.78 is 31.7. The molecular formula is C34H29F2N. The molecule has 0 unspecified atom stereocenters. The summed E-state index contributed by atoms with van der Waals surface area (Å²) in [4.78, 5) is 1.76. The Hall–Kier alpha value is -4.24. The lowest BCUT2D eigenvalue weighted by molar-refractivity contribution is 0.527. The molecule has 0 aromatic heterocycles. The summed E-state index contributed by atoms with van der Waals surface area (Å²) >= 11 is 0. The number of nitrogens with zero attached hydrogens (tertiary/aromatic N) is 1. The van der Waals surface area contributed by atoms with Crippen LogP contribution in [0.4, 0.5) is 20.2 Å². The molecule has 5 rings (SSSR count).